The number of imide groups is 3. The van der Waals surface area contributed by atoms with Gasteiger partial charge < -0.3 is 10.5 Å². The Labute approximate surface area is 389 Å². The van der Waals surface area contributed by atoms with E-state index in [2.05, 4.69) is 13.8 Å². The molecule has 0 atom stereocenters. The van der Waals surface area contributed by atoms with E-state index in [0.717, 1.165) is 95.8 Å². The summed E-state index contributed by atoms with van der Waals surface area (Å²) in [5.41, 5.74) is 8.57. The molecule has 0 radical (unpaired) electrons. The first kappa shape index (κ1) is 44.7. The summed E-state index contributed by atoms with van der Waals surface area (Å²) < 4.78 is 4.75. The van der Waals surface area contributed by atoms with Crippen molar-refractivity contribution >= 4 is 68.9 Å². The average Bonchev–Trinajstić information content (AvgIpc) is 3.34. The molecule has 13 nitrogen and oxygen atoms in total. The molecule has 0 aromatic heterocycles. The van der Waals surface area contributed by atoms with Gasteiger partial charge in [-0.25, -0.2) is 9.59 Å². The number of benzene rings is 4. The van der Waals surface area contributed by atoms with Crippen molar-refractivity contribution in [3.8, 4) is 0 Å². The number of nitrogens with zero attached hydrogens (tertiary/aromatic N) is 3. The molecule has 0 unspecified atom stereocenters. The van der Waals surface area contributed by atoms with Crippen molar-refractivity contribution in [2.75, 3.05) is 0 Å². The lowest BCUT2D eigenvalue weighted by molar-refractivity contribution is 0.0383. The maximum absolute atomic E-state index is 13.5. The van der Waals surface area contributed by atoms with Crippen LogP contribution >= 0.6 is 0 Å². The molecule has 6 amide bonds. The lowest BCUT2D eigenvalue weighted by Gasteiger charge is -2.39. The van der Waals surface area contributed by atoms with Gasteiger partial charge in [0.15, 0.2) is 0 Å². The van der Waals surface area contributed by atoms with Gasteiger partial charge in [-0.2, -0.15) is 0 Å². The van der Waals surface area contributed by atoms with E-state index in [0.29, 0.717) is 66.9 Å². The van der Waals surface area contributed by atoms with Crippen LogP contribution in [0.15, 0.2) is 48.5 Å². The minimum atomic E-state index is -0.749. The monoisotopic (exact) mass is 906 g/mol. The van der Waals surface area contributed by atoms with E-state index in [4.69, 9.17) is 10.5 Å². The van der Waals surface area contributed by atoms with Crippen molar-refractivity contribution < 1.29 is 43.1 Å². The maximum atomic E-state index is 13.5. The van der Waals surface area contributed by atoms with Crippen LogP contribution in [-0.4, -0.2) is 86.2 Å². The fourth-order valence-electron chi connectivity index (χ4n) is 12.1. The van der Waals surface area contributed by atoms with Crippen LogP contribution in [0.3, 0.4) is 0 Å². The maximum Gasteiger partial charge on any atom is 0.346 e. The van der Waals surface area contributed by atoms with Crippen LogP contribution in [0.1, 0.15) is 212 Å². The first-order valence-electron chi connectivity index (χ1n) is 24.7. The third-order valence-electron chi connectivity index (χ3n) is 15.9. The minimum Gasteiger partial charge on any atom is -0.386 e. The molecule has 4 aromatic rings. The molecule has 4 fully saturated rings. The standard InChI is InChI=1S/C27H28N2O4.C20H15NO5.C7H15N/c1-15-7-9-17(10-8-15)29-26(32)20-13-11-18-22-19(12-14-21(23(20)22)27(29)33)25(31)28(24(18)30)16-5-3-2-4-6-16;22-17-11-6-8-13-16-14(20(25)26-19(13)24)9-7-12(15(11)16)18(23)21(17)10-4-2-1-3-5-10;1-6-2-4-7(8)5-3-6/h11-17H,2-10H2,1H3;6-10H,1-5H2;6-7H,2-5,8H2,1H3. The second-order valence-corrected chi connectivity index (χ2v) is 20.3. The van der Waals surface area contributed by atoms with Gasteiger partial charge in [0.1, 0.15) is 0 Å². The molecule has 2 N–H and O–H groups in total. The third-order valence-corrected chi connectivity index (χ3v) is 15.9. The van der Waals surface area contributed by atoms with Crippen molar-refractivity contribution in [3.05, 3.63) is 93.0 Å². The number of ether oxygens (including phenoxy) is 1. The lowest BCUT2D eigenvalue weighted by Crippen LogP contribution is -2.50. The SMILES string of the molecule is CC1CCC(N)CC1.CC1CCC(N2C(=O)c3ccc4c5c(ccc(c35)C2=O)C(=O)N(C2CCCCC2)C4=O)CC1.O=C1OC(=O)c2ccc3c4c(ccc1c24)C(=O)N(C1CCCCC1)C3=O. The van der Waals surface area contributed by atoms with Crippen LogP contribution in [0, 0.1) is 11.8 Å². The number of hydrogen-bond donors (Lipinski definition) is 1. The molecular weight excluding hydrogens is 849 g/mol. The molecule has 4 aliphatic heterocycles. The van der Waals surface area contributed by atoms with E-state index in [-0.39, 0.29) is 64.7 Å². The van der Waals surface area contributed by atoms with Gasteiger partial charge >= 0.3 is 11.9 Å². The molecule has 4 aliphatic carbocycles. The normalized spacial score (nSPS) is 25.2. The average molecular weight is 907 g/mol. The molecule has 0 bridgehead atoms. The van der Waals surface area contributed by atoms with E-state index in [9.17, 15) is 38.4 Å². The van der Waals surface area contributed by atoms with E-state index in [1.54, 1.807) is 36.4 Å². The van der Waals surface area contributed by atoms with Gasteiger partial charge in [0.05, 0.1) is 11.1 Å². The Morgan fingerprint density at radius 1 is 0.358 bits per heavy atom. The highest BCUT2D eigenvalue weighted by Crippen LogP contribution is 2.42. The summed E-state index contributed by atoms with van der Waals surface area (Å²) in [6.45, 7) is 4.52. The molecule has 348 valence electrons. The zero-order valence-electron chi connectivity index (χ0n) is 38.4. The van der Waals surface area contributed by atoms with Crippen molar-refractivity contribution in [2.45, 2.75) is 154 Å². The molecule has 0 spiro atoms. The predicted molar refractivity (Wildman–Crippen MR) is 250 cm³/mol. The van der Waals surface area contributed by atoms with E-state index in [1.165, 1.54) is 52.5 Å². The summed E-state index contributed by atoms with van der Waals surface area (Å²) in [7, 11) is 0. The van der Waals surface area contributed by atoms with Gasteiger partial charge in [-0.3, -0.25) is 43.5 Å². The van der Waals surface area contributed by atoms with Crippen LogP contribution in [-0.2, 0) is 4.74 Å². The summed E-state index contributed by atoms with van der Waals surface area (Å²) in [6, 6.07) is 13.1. The van der Waals surface area contributed by atoms with E-state index >= 15 is 0 Å². The van der Waals surface area contributed by atoms with Gasteiger partial charge in [-0.05, 0) is 137 Å². The first-order valence-corrected chi connectivity index (χ1v) is 24.7. The Bertz CT molecular complexity index is 2640. The predicted octanol–water partition coefficient (Wildman–Crippen LogP) is 9.55. The largest absolute Gasteiger partial charge is 0.386 e. The fraction of sp³-hybridized carbons (Fsp3) is 0.481. The van der Waals surface area contributed by atoms with Crippen LogP contribution in [0.4, 0.5) is 0 Å². The van der Waals surface area contributed by atoms with Gasteiger partial charge in [0.25, 0.3) is 35.4 Å². The molecular formula is C54H58N4O9. The Morgan fingerprint density at radius 2 is 0.612 bits per heavy atom. The van der Waals surface area contributed by atoms with Crippen LogP contribution in [0.5, 0.6) is 0 Å². The van der Waals surface area contributed by atoms with Crippen molar-refractivity contribution in [2.24, 2.45) is 17.6 Å². The Hall–Kier alpha value is -6.08. The first-order chi connectivity index (χ1) is 32.3. The summed E-state index contributed by atoms with van der Waals surface area (Å²) in [6.07, 6.45) is 18.4. The molecule has 8 aliphatic rings. The highest BCUT2D eigenvalue weighted by atomic mass is 16.6. The number of carbonyl (C=O) groups excluding carboxylic acids is 8. The minimum absolute atomic E-state index is 0.0818. The highest BCUT2D eigenvalue weighted by Gasteiger charge is 2.45. The molecule has 0 saturated heterocycles. The second-order valence-electron chi connectivity index (χ2n) is 20.3. The quantitative estimate of drug-likeness (QED) is 0.118. The lowest BCUT2D eigenvalue weighted by atomic mass is 9.82. The summed E-state index contributed by atoms with van der Waals surface area (Å²) in [5.74, 6) is -1.83. The summed E-state index contributed by atoms with van der Waals surface area (Å²) in [4.78, 5) is 109. The Kier molecular flexibility index (Phi) is 11.9. The van der Waals surface area contributed by atoms with Gasteiger partial charge in [-0.15, -0.1) is 0 Å². The van der Waals surface area contributed by atoms with Gasteiger partial charge in [0, 0.05) is 79.1 Å². The smallest absolute Gasteiger partial charge is 0.346 e. The van der Waals surface area contributed by atoms with Crippen LogP contribution < -0.4 is 5.73 Å². The molecule has 12 rings (SSSR count). The van der Waals surface area contributed by atoms with Gasteiger partial charge in [0.2, 0.25) is 0 Å². The molecule has 67 heavy (non-hydrogen) atoms. The topological polar surface area (TPSA) is 182 Å². The van der Waals surface area contributed by atoms with Crippen LogP contribution in [0.25, 0.3) is 21.5 Å². The number of carbonyl (C=O) groups is 8. The number of nitrogens with two attached hydrogens (primary N) is 1. The molecule has 4 aromatic carbocycles. The van der Waals surface area contributed by atoms with E-state index in [1.807, 2.05) is 0 Å². The molecule has 4 saturated carbocycles. The number of rotatable bonds is 3. The number of amides is 6. The molecule has 13 heteroatoms. The number of hydrogen-bond acceptors (Lipinski definition) is 10. The zero-order chi connectivity index (χ0) is 46.8. The zero-order valence-corrected chi connectivity index (χ0v) is 38.4. The second kappa shape index (κ2) is 17.9. The van der Waals surface area contributed by atoms with Crippen LogP contribution in [0.2, 0.25) is 0 Å². The fourth-order valence-corrected chi connectivity index (χ4v) is 12.1. The Balaban J connectivity index is 0.000000137. The summed E-state index contributed by atoms with van der Waals surface area (Å²) >= 11 is 0. The highest BCUT2D eigenvalue weighted by molar-refractivity contribution is 6.34. The van der Waals surface area contributed by atoms with Gasteiger partial charge in [-0.1, -0.05) is 52.4 Å². The van der Waals surface area contributed by atoms with E-state index < -0.39 is 11.9 Å². The number of esters is 2. The van der Waals surface area contributed by atoms with Crippen molar-refractivity contribution in [1.29, 1.82) is 0 Å². The molecule has 4 heterocycles. The third kappa shape index (κ3) is 7.67. The summed E-state index contributed by atoms with van der Waals surface area (Å²) in [5, 5.41) is 1.70. The Morgan fingerprint density at radius 3 is 0.910 bits per heavy atom. The van der Waals surface area contributed by atoms with Crippen molar-refractivity contribution in [1.82, 2.24) is 14.7 Å². The van der Waals surface area contributed by atoms with Crippen molar-refractivity contribution in [3.63, 3.8) is 0 Å². The number of cyclic esters (lactones) is 2.